The fraction of sp³-hybridized carbons (Fsp3) is 0.600. The number of phenols is 2. The Morgan fingerprint density at radius 3 is 2.57 bits per heavy atom. The summed E-state index contributed by atoms with van der Waals surface area (Å²) in [6, 6.07) is 4.62. The van der Waals surface area contributed by atoms with Crippen LogP contribution >= 0.6 is 0 Å². The van der Waals surface area contributed by atoms with Crippen molar-refractivity contribution in [2.75, 3.05) is 0 Å². The maximum atomic E-state index is 13.4. The molecule has 188 valence electrons. The number of carbonyl (C=O) groups excluding carboxylic acids is 2. The number of benzene rings is 1. The zero-order chi connectivity index (χ0) is 25.0. The number of allylic oxidation sites excluding steroid dienone is 2. The van der Waals surface area contributed by atoms with Crippen molar-refractivity contribution in [1.82, 2.24) is 0 Å². The SMILES string of the molecule is CC(=O)O[C@H]1CC[C@@]2(C)C(=CC[C@@H]3[C@@H]2CC[C@]2(C)C(C(=O)/C=C/c4ccc(O)c(O)c4)CC[C@@H]32)C1. The quantitative estimate of drug-likeness (QED) is 0.233. The summed E-state index contributed by atoms with van der Waals surface area (Å²) in [5, 5.41) is 19.3. The van der Waals surface area contributed by atoms with E-state index in [1.54, 1.807) is 18.2 Å². The van der Waals surface area contributed by atoms with Crippen LogP contribution in [0.5, 0.6) is 11.5 Å². The van der Waals surface area contributed by atoms with Crippen molar-refractivity contribution in [2.24, 2.45) is 34.5 Å². The summed E-state index contributed by atoms with van der Waals surface area (Å²) in [7, 11) is 0. The van der Waals surface area contributed by atoms with Crippen molar-refractivity contribution in [1.29, 1.82) is 0 Å². The minimum atomic E-state index is -0.181. The molecule has 3 fully saturated rings. The summed E-state index contributed by atoms with van der Waals surface area (Å²) in [5.74, 6) is 1.52. The van der Waals surface area contributed by atoms with Crippen molar-refractivity contribution >= 4 is 17.8 Å². The van der Waals surface area contributed by atoms with Gasteiger partial charge in [0.25, 0.3) is 0 Å². The lowest BCUT2D eigenvalue weighted by Crippen LogP contribution is -2.51. The highest BCUT2D eigenvalue weighted by Crippen LogP contribution is 2.66. The highest BCUT2D eigenvalue weighted by molar-refractivity contribution is 5.96. The standard InChI is InChI=1S/C30H38O5/c1-18(31)35-21-12-14-29(2)20(17-21)6-7-22-23-8-9-25(30(23,3)15-13-24(22)29)26(32)10-4-19-5-11-27(33)28(34)16-19/h4-6,10-11,16,21-25,33-34H,7-9,12-15,17H2,1-3H3/b10-4+/t21-,22-,23-,24-,25?,29-,30-/m0/s1. The Kier molecular flexibility index (Phi) is 6.09. The summed E-state index contributed by atoms with van der Waals surface area (Å²) in [6.45, 7) is 6.29. The van der Waals surface area contributed by atoms with Gasteiger partial charge in [0.15, 0.2) is 17.3 Å². The van der Waals surface area contributed by atoms with Crippen LogP contribution in [0, 0.1) is 34.5 Å². The average Bonchev–Trinajstić information content (AvgIpc) is 3.17. The molecule has 0 saturated heterocycles. The third-order valence-electron chi connectivity index (χ3n) is 10.2. The molecule has 0 radical (unpaired) electrons. The molecule has 1 unspecified atom stereocenters. The molecule has 5 heteroatoms. The first-order valence-electron chi connectivity index (χ1n) is 13.2. The predicted octanol–water partition coefficient (Wildman–Crippen LogP) is 6.19. The highest BCUT2D eigenvalue weighted by atomic mass is 16.5. The first kappa shape index (κ1) is 24.1. The molecular weight excluding hydrogens is 440 g/mol. The van der Waals surface area contributed by atoms with E-state index in [2.05, 4.69) is 19.9 Å². The molecule has 5 nitrogen and oxygen atoms in total. The minimum absolute atomic E-state index is 0.0213. The number of rotatable bonds is 4. The van der Waals surface area contributed by atoms with Gasteiger partial charge in [-0.1, -0.05) is 37.6 Å². The predicted molar refractivity (Wildman–Crippen MR) is 135 cm³/mol. The van der Waals surface area contributed by atoms with Crippen LogP contribution in [-0.2, 0) is 14.3 Å². The van der Waals surface area contributed by atoms with Crippen molar-refractivity contribution in [3.8, 4) is 11.5 Å². The van der Waals surface area contributed by atoms with Gasteiger partial charge < -0.3 is 14.9 Å². The van der Waals surface area contributed by atoms with Crippen molar-refractivity contribution in [3.63, 3.8) is 0 Å². The Bertz CT molecular complexity index is 1090. The fourth-order valence-corrected chi connectivity index (χ4v) is 8.37. The molecule has 1 aromatic rings. The summed E-state index contributed by atoms with van der Waals surface area (Å²) >= 11 is 0. The number of carbonyl (C=O) groups is 2. The number of phenolic OH excluding ortho intramolecular Hbond substituents is 2. The Morgan fingerprint density at radius 2 is 1.83 bits per heavy atom. The molecule has 0 heterocycles. The number of aromatic hydroxyl groups is 2. The van der Waals surface area contributed by atoms with Crippen molar-refractivity contribution in [2.45, 2.75) is 78.2 Å². The fourth-order valence-electron chi connectivity index (χ4n) is 8.37. The van der Waals surface area contributed by atoms with Crippen molar-refractivity contribution < 1.29 is 24.5 Å². The van der Waals surface area contributed by atoms with E-state index in [-0.39, 0.29) is 46.1 Å². The highest BCUT2D eigenvalue weighted by Gasteiger charge is 2.59. The maximum Gasteiger partial charge on any atom is 0.302 e. The molecule has 35 heavy (non-hydrogen) atoms. The van der Waals surface area contributed by atoms with E-state index in [4.69, 9.17) is 4.74 Å². The molecule has 5 rings (SSSR count). The second kappa shape index (κ2) is 8.83. The molecule has 7 atom stereocenters. The van der Waals surface area contributed by atoms with Crippen LogP contribution in [0.1, 0.15) is 77.7 Å². The molecule has 0 bridgehead atoms. The molecular formula is C30H38O5. The second-order valence-corrected chi connectivity index (χ2v) is 11.9. The number of ketones is 1. The van der Waals surface area contributed by atoms with Gasteiger partial charge in [0.05, 0.1) is 0 Å². The Hall–Kier alpha value is -2.56. The van der Waals surface area contributed by atoms with Crippen LogP contribution < -0.4 is 0 Å². The zero-order valence-corrected chi connectivity index (χ0v) is 21.1. The number of hydrogen-bond donors (Lipinski definition) is 2. The molecule has 4 aliphatic carbocycles. The van der Waals surface area contributed by atoms with E-state index in [0.29, 0.717) is 23.3 Å². The number of fused-ring (bicyclic) bond motifs is 5. The van der Waals surface area contributed by atoms with E-state index < -0.39 is 0 Å². The summed E-state index contributed by atoms with van der Waals surface area (Å²) < 4.78 is 5.56. The van der Waals surface area contributed by atoms with Crippen molar-refractivity contribution in [3.05, 3.63) is 41.5 Å². The number of ether oxygens (including phenoxy) is 1. The monoisotopic (exact) mass is 478 g/mol. The van der Waals surface area contributed by atoms with Gasteiger partial charge in [0.1, 0.15) is 6.10 Å². The van der Waals surface area contributed by atoms with E-state index in [9.17, 15) is 19.8 Å². The van der Waals surface area contributed by atoms with Crippen LogP contribution in [0.4, 0.5) is 0 Å². The van der Waals surface area contributed by atoms with Crippen LogP contribution in [-0.4, -0.2) is 28.1 Å². The first-order chi connectivity index (χ1) is 16.6. The van der Waals surface area contributed by atoms with Gasteiger partial charge in [0.2, 0.25) is 0 Å². The Labute approximate surface area is 208 Å². The summed E-state index contributed by atoms with van der Waals surface area (Å²) in [4.78, 5) is 24.8. The van der Waals surface area contributed by atoms with Gasteiger partial charge in [-0.25, -0.2) is 0 Å². The lowest BCUT2D eigenvalue weighted by atomic mass is 9.47. The number of hydrogen-bond acceptors (Lipinski definition) is 5. The summed E-state index contributed by atoms with van der Waals surface area (Å²) in [5.41, 5.74) is 2.41. The zero-order valence-electron chi connectivity index (χ0n) is 21.1. The van der Waals surface area contributed by atoms with Crippen LogP contribution in [0.2, 0.25) is 0 Å². The second-order valence-electron chi connectivity index (χ2n) is 11.9. The van der Waals surface area contributed by atoms with Crippen LogP contribution in [0.15, 0.2) is 35.9 Å². The van der Waals surface area contributed by atoms with E-state index in [1.807, 2.05) is 0 Å². The van der Waals surface area contributed by atoms with Gasteiger partial charge >= 0.3 is 5.97 Å². The van der Waals surface area contributed by atoms with Crippen LogP contribution in [0.3, 0.4) is 0 Å². The molecule has 0 aromatic heterocycles. The minimum Gasteiger partial charge on any atom is -0.504 e. The smallest absolute Gasteiger partial charge is 0.302 e. The largest absolute Gasteiger partial charge is 0.504 e. The van der Waals surface area contributed by atoms with E-state index in [1.165, 1.54) is 24.6 Å². The molecule has 2 N–H and O–H groups in total. The van der Waals surface area contributed by atoms with E-state index in [0.717, 1.165) is 51.4 Å². The Balaban J connectivity index is 1.32. The molecule has 0 aliphatic heterocycles. The normalized spacial score (nSPS) is 38.3. The topological polar surface area (TPSA) is 83.8 Å². The van der Waals surface area contributed by atoms with Gasteiger partial charge in [-0.2, -0.15) is 0 Å². The molecule has 1 aromatic carbocycles. The lowest BCUT2D eigenvalue weighted by molar-refractivity contribution is -0.149. The molecule has 0 amide bonds. The van der Waals surface area contributed by atoms with Gasteiger partial charge in [-0.05, 0) is 97.3 Å². The number of esters is 1. The third-order valence-corrected chi connectivity index (χ3v) is 10.2. The molecule has 0 spiro atoms. The van der Waals surface area contributed by atoms with Gasteiger partial charge in [-0.3, -0.25) is 9.59 Å². The molecule has 4 aliphatic rings. The van der Waals surface area contributed by atoms with E-state index >= 15 is 0 Å². The average molecular weight is 479 g/mol. The summed E-state index contributed by atoms with van der Waals surface area (Å²) in [6.07, 6.45) is 14.2. The van der Waals surface area contributed by atoms with Gasteiger partial charge in [0, 0.05) is 19.3 Å². The van der Waals surface area contributed by atoms with Gasteiger partial charge in [-0.15, -0.1) is 0 Å². The Morgan fingerprint density at radius 1 is 1.03 bits per heavy atom. The maximum absolute atomic E-state index is 13.4. The lowest BCUT2D eigenvalue weighted by Gasteiger charge is -2.58. The molecule has 3 saturated carbocycles. The van der Waals surface area contributed by atoms with Crippen LogP contribution in [0.25, 0.3) is 6.08 Å². The third kappa shape index (κ3) is 4.11. The first-order valence-corrected chi connectivity index (χ1v) is 13.2.